The SMILES string of the molecule is O=C1c2ccccc2NC2(C(=O)Nc3ccccc32)N1Nc1ccccc1. The highest BCUT2D eigenvalue weighted by Gasteiger charge is 2.57. The van der Waals surface area contributed by atoms with E-state index in [0.717, 1.165) is 0 Å². The molecule has 0 bridgehead atoms. The second-order valence-corrected chi connectivity index (χ2v) is 6.50. The zero-order valence-electron chi connectivity index (χ0n) is 14.3. The number of hydrazine groups is 1. The lowest BCUT2D eigenvalue weighted by atomic mass is 9.94. The second kappa shape index (κ2) is 5.60. The number of benzene rings is 3. The van der Waals surface area contributed by atoms with E-state index in [1.54, 1.807) is 12.1 Å². The average Bonchev–Trinajstić information content (AvgIpc) is 2.98. The van der Waals surface area contributed by atoms with Crippen LogP contribution in [0, 0.1) is 0 Å². The van der Waals surface area contributed by atoms with Crippen molar-refractivity contribution in [3.8, 4) is 0 Å². The minimum atomic E-state index is -1.38. The average molecular weight is 356 g/mol. The summed E-state index contributed by atoms with van der Waals surface area (Å²) in [5, 5.41) is 7.58. The van der Waals surface area contributed by atoms with Crippen LogP contribution >= 0.6 is 0 Å². The topological polar surface area (TPSA) is 73.5 Å². The van der Waals surface area contributed by atoms with Crippen molar-refractivity contribution in [3.63, 3.8) is 0 Å². The summed E-state index contributed by atoms with van der Waals surface area (Å²) in [7, 11) is 0. The van der Waals surface area contributed by atoms with Gasteiger partial charge in [-0.25, -0.2) is 5.01 Å². The van der Waals surface area contributed by atoms with Crippen molar-refractivity contribution in [2.24, 2.45) is 0 Å². The van der Waals surface area contributed by atoms with E-state index in [1.165, 1.54) is 5.01 Å². The summed E-state index contributed by atoms with van der Waals surface area (Å²) in [6.07, 6.45) is 0. The van der Waals surface area contributed by atoms with Gasteiger partial charge in [0.05, 0.1) is 11.3 Å². The molecule has 27 heavy (non-hydrogen) atoms. The van der Waals surface area contributed by atoms with Crippen LogP contribution in [-0.4, -0.2) is 16.8 Å². The van der Waals surface area contributed by atoms with Crippen LogP contribution < -0.4 is 16.1 Å². The molecule has 3 aromatic rings. The van der Waals surface area contributed by atoms with Crippen LogP contribution in [0.25, 0.3) is 0 Å². The normalized spacial score (nSPS) is 19.9. The molecule has 1 unspecified atom stereocenters. The van der Waals surface area contributed by atoms with E-state index >= 15 is 0 Å². The molecule has 132 valence electrons. The Morgan fingerprint density at radius 1 is 0.778 bits per heavy atom. The molecule has 6 nitrogen and oxygen atoms in total. The number of carbonyl (C=O) groups excluding carboxylic acids is 2. The molecule has 0 radical (unpaired) electrons. The van der Waals surface area contributed by atoms with Crippen molar-refractivity contribution >= 4 is 28.9 Å². The Morgan fingerprint density at radius 2 is 1.44 bits per heavy atom. The Hall–Kier alpha value is -3.80. The Balaban J connectivity index is 1.72. The maximum absolute atomic E-state index is 13.4. The first kappa shape index (κ1) is 15.5. The van der Waals surface area contributed by atoms with Gasteiger partial charge in [-0.2, -0.15) is 0 Å². The van der Waals surface area contributed by atoms with Crippen LogP contribution in [0.2, 0.25) is 0 Å². The van der Waals surface area contributed by atoms with Crippen molar-refractivity contribution in [2.75, 3.05) is 16.1 Å². The van der Waals surface area contributed by atoms with Crippen molar-refractivity contribution in [3.05, 3.63) is 90.0 Å². The predicted octanol–water partition coefficient (Wildman–Crippen LogP) is 3.39. The zero-order chi connectivity index (χ0) is 18.4. The molecule has 0 aliphatic carbocycles. The molecule has 2 aliphatic rings. The molecule has 2 heterocycles. The molecule has 3 aromatic carbocycles. The van der Waals surface area contributed by atoms with Gasteiger partial charge in [0, 0.05) is 16.9 Å². The fourth-order valence-corrected chi connectivity index (χ4v) is 3.67. The molecule has 3 N–H and O–H groups in total. The molecular formula is C21H16N4O2. The van der Waals surface area contributed by atoms with Gasteiger partial charge in [0.1, 0.15) is 0 Å². The number of rotatable bonds is 2. The number of anilines is 3. The summed E-state index contributed by atoms with van der Waals surface area (Å²) < 4.78 is 0. The highest BCUT2D eigenvalue weighted by atomic mass is 16.2. The van der Waals surface area contributed by atoms with Crippen LogP contribution in [0.3, 0.4) is 0 Å². The predicted molar refractivity (Wildman–Crippen MR) is 103 cm³/mol. The van der Waals surface area contributed by atoms with Gasteiger partial charge in [-0.15, -0.1) is 0 Å². The number of hydrogen-bond donors (Lipinski definition) is 3. The third-order valence-electron chi connectivity index (χ3n) is 4.92. The smallest absolute Gasteiger partial charge is 0.277 e. The van der Waals surface area contributed by atoms with Crippen molar-refractivity contribution in [1.82, 2.24) is 5.01 Å². The summed E-state index contributed by atoms with van der Waals surface area (Å²) in [6.45, 7) is 0. The number of fused-ring (bicyclic) bond motifs is 3. The number of nitrogens with zero attached hydrogens (tertiary/aromatic N) is 1. The maximum atomic E-state index is 13.4. The van der Waals surface area contributed by atoms with Crippen molar-refractivity contribution in [2.45, 2.75) is 5.66 Å². The van der Waals surface area contributed by atoms with E-state index in [9.17, 15) is 9.59 Å². The molecule has 0 fully saturated rings. The minimum Gasteiger partial charge on any atom is -0.349 e. The van der Waals surface area contributed by atoms with Crippen molar-refractivity contribution < 1.29 is 9.59 Å². The lowest BCUT2D eigenvalue weighted by molar-refractivity contribution is -0.124. The third kappa shape index (κ3) is 2.13. The number of carbonyl (C=O) groups is 2. The highest BCUT2D eigenvalue weighted by molar-refractivity contribution is 6.14. The summed E-state index contributed by atoms with van der Waals surface area (Å²) >= 11 is 0. The number of para-hydroxylation sites is 3. The van der Waals surface area contributed by atoms with Crippen LogP contribution in [0.5, 0.6) is 0 Å². The van der Waals surface area contributed by atoms with Gasteiger partial charge >= 0.3 is 0 Å². The first-order valence-corrected chi connectivity index (χ1v) is 8.64. The minimum absolute atomic E-state index is 0.278. The number of hydrogen-bond acceptors (Lipinski definition) is 4. The second-order valence-electron chi connectivity index (χ2n) is 6.50. The Morgan fingerprint density at radius 3 is 2.26 bits per heavy atom. The highest BCUT2D eigenvalue weighted by Crippen LogP contribution is 2.45. The van der Waals surface area contributed by atoms with Crippen LogP contribution in [0.1, 0.15) is 15.9 Å². The van der Waals surface area contributed by atoms with Crippen LogP contribution in [-0.2, 0) is 10.5 Å². The van der Waals surface area contributed by atoms with E-state index in [-0.39, 0.29) is 11.8 Å². The summed E-state index contributed by atoms with van der Waals surface area (Å²) in [6, 6.07) is 23.9. The van der Waals surface area contributed by atoms with Gasteiger partial charge in [0.25, 0.3) is 11.8 Å². The van der Waals surface area contributed by atoms with E-state index in [1.807, 2.05) is 66.7 Å². The molecule has 0 saturated heterocycles. The number of amides is 2. The van der Waals surface area contributed by atoms with Gasteiger partial charge < -0.3 is 10.6 Å². The lowest BCUT2D eigenvalue weighted by Crippen LogP contribution is -2.63. The molecular weight excluding hydrogens is 340 g/mol. The number of nitrogens with one attached hydrogen (secondary N) is 3. The first-order chi connectivity index (χ1) is 13.2. The summed E-state index contributed by atoms with van der Waals surface area (Å²) in [5.41, 5.74) is 4.98. The molecule has 0 aromatic heterocycles. The van der Waals surface area contributed by atoms with E-state index in [2.05, 4.69) is 16.1 Å². The molecule has 2 aliphatic heterocycles. The van der Waals surface area contributed by atoms with Crippen LogP contribution in [0.4, 0.5) is 17.1 Å². The summed E-state index contributed by atoms with van der Waals surface area (Å²) in [5.74, 6) is -0.588. The van der Waals surface area contributed by atoms with Gasteiger partial charge in [-0.05, 0) is 30.3 Å². The molecule has 0 saturated carbocycles. The Bertz CT molecular complexity index is 1070. The van der Waals surface area contributed by atoms with Crippen LogP contribution in [0.15, 0.2) is 78.9 Å². The molecule has 1 spiro atoms. The van der Waals surface area contributed by atoms with Crippen molar-refractivity contribution in [1.29, 1.82) is 0 Å². The van der Waals surface area contributed by atoms with E-state index in [4.69, 9.17) is 0 Å². The molecule has 5 rings (SSSR count). The van der Waals surface area contributed by atoms with Gasteiger partial charge in [-0.3, -0.25) is 15.0 Å². The van der Waals surface area contributed by atoms with Gasteiger partial charge in [0.2, 0.25) is 5.66 Å². The summed E-state index contributed by atoms with van der Waals surface area (Å²) in [4.78, 5) is 26.5. The fraction of sp³-hybridized carbons (Fsp3) is 0.0476. The standard InChI is InChI=1S/C21H16N4O2/c26-19-15-10-4-6-12-17(15)23-21(25(19)24-14-8-2-1-3-9-14)16-11-5-7-13-18(16)22-20(21)27/h1-13,23-24H,(H,22,27). The quantitative estimate of drug-likeness (QED) is 0.658. The lowest BCUT2D eigenvalue weighted by Gasteiger charge is -2.44. The maximum Gasteiger partial charge on any atom is 0.277 e. The van der Waals surface area contributed by atoms with E-state index in [0.29, 0.717) is 28.2 Å². The Kier molecular flexibility index (Phi) is 3.21. The first-order valence-electron chi connectivity index (χ1n) is 8.64. The third-order valence-corrected chi connectivity index (χ3v) is 4.92. The monoisotopic (exact) mass is 356 g/mol. The zero-order valence-corrected chi connectivity index (χ0v) is 14.3. The largest absolute Gasteiger partial charge is 0.349 e. The van der Waals surface area contributed by atoms with E-state index < -0.39 is 5.66 Å². The molecule has 2 amide bonds. The van der Waals surface area contributed by atoms with Gasteiger partial charge in [-0.1, -0.05) is 48.5 Å². The Labute approximate surface area is 155 Å². The molecule has 6 heteroatoms. The fourth-order valence-electron chi connectivity index (χ4n) is 3.67. The van der Waals surface area contributed by atoms with Gasteiger partial charge in [0.15, 0.2) is 0 Å². The molecule has 1 atom stereocenters.